The third-order valence-electron chi connectivity index (χ3n) is 2.75. The molecule has 3 N–H and O–H groups in total. The molecule has 0 fully saturated rings. The van der Waals surface area contributed by atoms with Gasteiger partial charge in [-0.15, -0.1) is 12.4 Å². The maximum atomic E-state index is 11.4. The molecule has 4 nitrogen and oxygen atoms in total. The predicted molar refractivity (Wildman–Crippen MR) is 82.1 cm³/mol. The zero-order valence-corrected chi connectivity index (χ0v) is 13.4. The summed E-state index contributed by atoms with van der Waals surface area (Å²) >= 11 is 6.01. The van der Waals surface area contributed by atoms with Crippen molar-refractivity contribution in [3.05, 3.63) is 34.3 Å². The second kappa shape index (κ2) is 7.84. The summed E-state index contributed by atoms with van der Waals surface area (Å²) in [5.74, 6) is -0.347. The van der Waals surface area contributed by atoms with E-state index in [-0.39, 0.29) is 24.8 Å². The fourth-order valence-corrected chi connectivity index (χ4v) is 1.94. The van der Waals surface area contributed by atoms with E-state index in [9.17, 15) is 9.90 Å². The SMILES string of the molecule is CCOC(=O)CC(N)c1cc(Cl)cc(C(C)(C)O)c1.Cl. The zero-order chi connectivity index (χ0) is 14.6. The molecule has 0 saturated carbocycles. The number of carbonyl (C=O) groups excluding carboxylic acids is 1. The molecule has 1 aromatic carbocycles. The molecular formula is C14H21Cl2NO3. The number of hydrogen-bond donors (Lipinski definition) is 2. The number of aliphatic hydroxyl groups is 1. The minimum absolute atomic E-state index is 0. The van der Waals surface area contributed by atoms with E-state index in [2.05, 4.69) is 0 Å². The topological polar surface area (TPSA) is 72.5 Å². The van der Waals surface area contributed by atoms with Crippen LogP contribution < -0.4 is 5.73 Å². The van der Waals surface area contributed by atoms with Gasteiger partial charge in [-0.05, 0) is 44.0 Å². The summed E-state index contributed by atoms with van der Waals surface area (Å²) in [6, 6.07) is 4.64. The number of nitrogens with two attached hydrogens (primary N) is 1. The van der Waals surface area contributed by atoms with Gasteiger partial charge in [0.2, 0.25) is 0 Å². The molecule has 0 aliphatic heterocycles. The van der Waals surface area contributed by atoms with Crippen molar-refractivity contribution in [3.63, 3.8) is 0 Å². The molecule has 0 aromatic heterocycles. The highest BCUT2D eigenvalue weighted by Crippen LogP contribution is 2.27. The van der Waals surface area contributed by atoms with Crippen LogP contribution in [0.1, 0.15) is 44.4 Å². The van der Waals surface area contributed by atoms with Crippen LogP contribution in [0.25, 0.3) is 0 Å². The monoisotopic (exact) mass is 321 g/mol. The maximum Gasteiger partial charge on any atom is 0.307 e. The highest BCUT2D eigenvalue weighted by molar-refractivity contribution is 6.30. The molecular weight excluding hydrogens is 301 g/mol. The van der Waals surface area contributed by atoms with Crippen molar-refractivity contribution >= 4 is 30.0 Å². The summed E-state index contributed by atoms with van der Waals surface area (Å²) in [6.07, 6.45) is 0.0828. The van der Waals surface area contributed by atoms with Crippen molar-refractivity contribution in [1.82, 2.24) is 0 Å². The lowest BCUT2D eigenvalue weighted by Crippen LogP contribution is -2.20. The Kier molecular flexibility index (Phi) is 7.52. The Hall–Kier alpha value is -0.810. The molecule has 0 amide bonds. The van der Waals surface area contributed by atoms with Crippen LogP contribution in [0.5, 0.6) is 0 Å². The van der Waals surface area contributed by atoms with Gasteiger partial charge in [0.25, 0.3) is 0 Å². The van der Waals surface area contributed by atoms with E-state index in [0.29, 0.717) is 22.8 Å². The van der Waals surface area contributed by atoms with Crippen LogP contribution in [0.3, 0.4) is 0 Å². The first-order valence-electron chi connectivity index (χ1n) is 6.18. The van der Waals surface area contributed by atoms with Gasteiger partial charge in [0.15, 0.2) is 0 Å². The van der Waals surface area contributed by atoms with Crippen LogP contribution in [0, 0.1) is 0 Å². The van der Waals surface area contributed by atoms with Crippen molar-refractivity contribution in [2.45, 2.75) is 38.8 Å². The Balaban J connectivity index is 0.00000361. The third-order valence-corrected chi connectivity index (χ3v) is 2.96. The fraction of sp³-hybridized carbons (Fsp3) is 0.500. The minimum atomic E-state index is -1.01. The summed E-state index contributed by atoms with van der Waals surface area (Å²) in [4.78, 5) is 11.4. The highest BCUT2D eigenvalue weighted by atomic mass is 35.5. The van der Waals surface area contributed by atoms with Crippen molar-refractivity contribution in [1.29, 1.82) is 0 Å². The van der Waals surface area contributed by atoms with Gasteiger partial charge < -0.3 is 15.6 Å². The molecule has 0 heterocycles. The lowest BCUT2D eigenvalue weighted by Gasteiger charge is -2.21. The Bertz CT molecular complexity index is 458. The molecule has 0 saturated heterocycles. The molecule has 0 bridgehead atoms. The molecule has 0 aliphatic rings. The summed E-state index contributed by atoms with van der Waals surface area (Å²) in [6.45, 7) is 5.41. The minimum Gasteiger partial charge on any atom is -0.466 e. The van der Waals surface area contributed by atoms with Gasteiger partial charge in [-0.1, -0.05) is 17.7 Å². The number of hydrogen-bond acceptors (Lipinski definition) is 4. The molecule has 1 atom stereocenters. The van der Waals surface area contributed by atoms with Crippen molar-refractivity contribution < 1.29 is 14.6 Å². The first-order valence-corrected chi connectivity index (χ1v) is 6.56. The van der Waals surface area contributed by atoms with E-state index in [1.165, 1.54) is 0 Å². The second-order valence-electron chi connectivity index (χ2n) is 4.95. The van der Waals surface area contributed by atoms with Gasteiger partial charge in [-0.25, -0.2) is 0 Å². The summed E-state index contributed by atoms with van der Waals surface area (Å²) in [5.41, 5.74) is 6.32. The molecule has 1 unspecified atom stereocenters. The van der Waals surface area contributed by atoms with Crippen molar-refractivity contribution in [3.8, 4) is 0 Å². The average Bonchev–Trinajstić information content (AvgIpc) is 2.27. The number of halogens is 2. The zero-order valence-electron chi connectivity index (χ0n) is 11.9. The summed E-state index contributed by atoms with van der Waals surface area (Å²) < 4.78 is 4.86. The van der Waals surface area contributed by atoms with E-state index in [1.807, 2.05) is 0 Å². The fourth-order valence-electron chi connectivity index (χ4n) is 1.70. The van der Waals surface area contributed by atoms with Crippen LogP contribution in [0.15, 0.2) is 18.2 Å². The normalized spacial score (nSPS) is 12.5. The number of carbonyl (C=O) groups is 1. The van der Waals surface area contributed by atoms with Gasteiger partial charge >= 0.3 is 5.97 Å². The van der Waals surface area contributed by atoms with Gasteiger partial charge in [0.05, 0.1) is 18.6 Å². The molecule has 20 heavy (non-hydrogen) atoms. The highest BCUT2D eigenvalue weighted by Gasteiger charge is 2.20. The van der Waals surface area contributed by atoms with Crippen LogP contribution in [0.2, 0.25) is 5.02 Å². The van der Waals surface area contributed by atoms with Crippen LogP contribution in [-0.2, 0) is 15.1 Å². The van der Waals surface area contributed by atoms with Gasteiger partial charge in [-0.2, -0.15) is 0 Å². The first-order chi connectivity index (χ1) is 8.74. The smallest absolute Gasteiger partial charge is 0.307 e. The van der Waals surface area contributed by atoms with Gasteiger partial charge in [-0.3, -0.25) is 4.79 Å². The van der Waals surface area contributed by atoms with E-state index in [4.69, 9.17) is 22.1 Å². The summed E-state index contributed by atoms with van der Waals surface area (Å²) in [5, 5.41) is 10.5. The molecule has 0 spiro atoms. The van der Waals surface area contributed by atoms with Crippen LogP contribution in [-0.4, -0.2) is 17.7 Å². The van der Waals surface area contributed by atoms with E-state index >= 15 is 0 Å². The average molecular weight is 322 g/mol. The molecule has 0 radical (unpaired) electrons. The number of benzene rings is 1. The standard InChI is InChI=1S/C14H20ClNO3.ClH/c1-4-19-13(17)8-12(16)9-5-10(14(2,3)18)7-11(15)6-9;/h5-7,12,18H,4,8,16H2,1-3H3;1H. The van der Waals surface area contributed by atoms with E-state index < -0.39 is 11.6 Å². The maximum absolute atomic E-state index is 11.4. The third kappa shape index (κ3) is 5.67. The number of rotatable bonds is 5. The van der Waals surface area contributed by atoms with Crippen molar-refractivity contribution in [2.24, 2.45) is 5.73 Å². The Morgan fingerprint density at radius 3 is 2.55 bits per heavy atom. The van der Waals surface area contributed by atoms with E-state index in [0.717, 1.165) is 0 Å². The second-order valence-corrected chi connectivity index (χ2v) is 5.38. The largest absolute Gasteiger partial charge is 0.466 e. The van der Waals surface area contributed by atoms with Crippen molar-refractivity contribution in [2.75, 3.05) is 6.61 Å². The Morgan fingerprint density at radius 1 is 1.45 bits per heavy atom. The van der Waals surface area contributed by atoms with Crippen LogP contribution >= 0.6 is 24.0 Å². The molecule has 0 aliphatic carbocycles. The first kappa shape index (κ1) is 19.2. The van der Waals surface area contributed by atoms with Gasteiger partial charge in [0.1, 0.15) is 0 Å². The predicted octanol–water partition coefficient (Wildman–Crippen LogP) is 2.94. The van der Waals surface area contributed by atoms with E-state index in [1.54, 1.807) is 39.0 Å². The quantitative estimate of drug-likeness (QED) is 0.818. The summed E-state index contributed by atoms with van der Waals surface area (Å²) in [7, 11) is 0. The number of ether oxygens (including phenoxy) is 1. The lowest BCUT2D eigenvalue weighted by molar-refractivity contribution is -0.143. The van der Waals surface area contributed by atoms with Crippen LogP contribution in [0.4, 0.5) is 0 Å². The molecule has 114 valence electrons. The molecule has 1 rings (SSSR count). The Labute approximate surface area is 130 Å². The molecule has 6 heteroatoms. The Morgan fingerprint density at radius 2 is 2.05 bits per heavy atom. The number of esters is 1. The van der Waals surface area contributed by atoms with Gasteiger partial charge in [0, 0.05) is 11.1 Å². The lowest BCUT2D eigenvalue weighted by atomic mass is 9.94. The molecule has 1 aromatic rings.